The summed E-state index contributed by atoms with van der Waals surface area (Å²) in [5.74, 6) is 0. The van der Waals surface area contributed by atoms with E-state index < -0.39 is 6.91 Å². The van der Waals surface area contributed by atoms with Crippen LogP contribution < -0.4 is 0 Å². The average Bonchev–Trinajstić information content (AvgIpc) is 2.22. The zero-order valence-corrected chi connectivity index (χ0v) is 12.1. The molecule has 0 aliphatic heterocycles. The molecule has 2 heteroatoms. The van der Waals surface area contributed by atoms with Gasteiger partial charge in [-0.05, 0) is 0 Å². The van der Waals surface area contributed by atoms with E-state index in [1.807, 2.05) is 6.66 Å². The Hall–Kier alpha value is 0.360. The number of unbranched alkanes of at least 4 members (excludes halogenated alkanes) is 3. The van der Waals surface area contributed by atoms with Gasteiger partial charge in [-0.3, -0.25) is 0 Å². The molecular weight excluding hydrogens is 206 g/mol. The van der Waals surface area contributed by atoms with E-state index in [0.717, 1.165) is 57.0 Å². The van der Waals surface area contributed by atoms with Gasteiger partial charge in [0.25, 0.3) is 0 Å². The first-order valence-electron chi connectivity index (χ1n) is 6.69. The number of hydrogen-bond donors (Lipinski definition) is 0. The predicted octanol–water partition coefficient (Wildman–Crippen LogP) is 5.45. The third kappa shape index (κ3) is 6.51. The molecule has 94 valence electrons. The number of halogens is 1. The molecule has 0 amide bonds. The van der Waals surface area contributed by atoms with E-state index in [9.17, 15) is 0 Å². The van der Waals surface area contributed by atoms with Crippen LogP contribution in [0.15, 0.2) is 0 Å². The Kier molecular flexibility index (Phi) is 7.00. The monoisotopic (exact) mass is 236 g/mol. The van der Waals surface area contributed by atoms with Crippen molar-refractivity contribution in [2.24, 2.45) is 0 Å². The van der Waals surface area contributed by atoms with Gasteiger partial charge in [0, 0.05) is 0 Å². The molecule has 0 nitrogen and oxygen atoms in total. The van der Waals surface area contributed by atoms with Gasteiger partial charge in [0.2, 0.25) is 0 Å². The van der Waals surface area contributed by atoms with Crippen molar-refractivity contribution in [2.75, 3.05) is 25.2 Å². The van der Waals surface area contributed by atoms with E-state index in [2.05, 4.69) is 20.8 Å². The fourth-order valence-electron chi connectivity index (χ4n) is 2.13. The van der Waals surface area contributed by atoms with E-state index in [4.69, 9.17) is 0 Å². The zero-order valence-electron chi connectivity index (χ0n) is 11.2. The molecule has 0 aromatic carbocycles. The minimum absolute atomic E-state index is 0.877. The second-order valence-electron chi connectivity index (χ2n) is 5.38. The van der Waals surface area contributed by atoms with Crippen molar-refractivity contribution in [3.05, 3.63) is 0 Å². The average molecular weight is 236 g/mol. The number of rotatable bonds is 9. The Balaban J connectivity index is 4.33. The Morgan fingerprint density at radius 3 is 1.20 bits per heavy atom. The van der Waals surface area contributed by atoms with Crippen LogP contribution in [-0.4, -0.2) is 25.2 Å². The van der Waals surface area contributed by atoms with Crippen molar-refractivity contribution < 1.29 is 4.20 Å². The fourth-order valence-corrected chi connectivity index (χ4v) is 6.40. The van der Waals surface area contributed by atoms with Crippen LogP contribution in [0.1, 0.15) is 59.3 Å². The SMILES string of the molecule is CCCCP(C)(F)(CCCC)CCCC. The minimum atomic E-state index is -2.78. The Labute approximate surface area is 96.1 Å². The van der Waals surface area contributed by atoms with Gasteiger partial charge < -0.3 is 0 Å². The molecule has 0 aliphatic carbocycles. The molecule has 0 rings (SSSR count). The van der Waals surface area contributed by atoms with Crippen molar-refractivity contribution in [2.45, 2.75) is 59.3 Å². The molecule has 0 radical (unpaired) electrons. The van der Waals surface area contributed by atoms with Crippen LogP contribution >= 0.6 is 6.91 Å². The molecule has 0 bridgehead atoms. The molecule has 0 aromatic heterocycles. The van der Waals surface area contributed by atoms with Crippen molar-refractivity contribution in [3.63, 3.8) is 0 Å². The van der Waals surface area contributed by atoms with Gasteiger partial charge in [0.05, 0.1) is 0 Å². The van der Waals surface area contributed by atoms with Gasteiger partial charge in [-0.1, -0.05) is 0 Å². The molecule has 0 aromatic rings. The molecule has 0 unspecified atom stereocenters. The summed E-state index contributed by atoms with van der Waals surface area (Å²) in [4.78, 5) is 0. The van der Waals surface area contributed by atoms with Crippen LogP contribution in [0.4, 0.5) is 4.20 Å². The van der Waals surface area contributed by atoms with E-state index in [-0.39, 0.29) is 0 Å². The molecule has 0 saturated heterocycles. The molecule has 0 fully saturated rings. The van der Waals surface area contributed by atoms with Crippen molar-refractivity contribution in [1.82, 2.24) is 0 Å². The van der Waals surface area contributed by atoms with Crippen LogP contribution in [0.5, 0.6) is 0 Å². The zero-order chi connectivity index (χ0) is 11.8. The van der Waals surface area contributed by atoms with Crippen LogP contribution in [0, 0.1) is 0 Å². The van der Waals surface area contributed by atoms with Gasteiger partial charge in [0.1, 0.15) is 0 Å². The van der Waals surface area contributed by atoms with Crippen molar-refractivity contribution in [3.8, 4) is 0 Å². The summed E-state index contributed by atoms with van der Waals surface area (Å²) < 4.78 is 15.2. The first kappa shape index (κ1) is 15.4. The van der Waals surface area contributed by atoms with Gasteiger partial charge in [-0.25, -0.2) is 0 Å². The van der Waals surface area contributed by atoms with Gasteiger partial charge >= 0.3 is 95.6 Å². The third-order valence-corrected chi connectivity index (χ3v) is 8.10. The summed E-state index contributed by atoms with van der Waals surface area (Å²) in [6, 6.07) is 0. The molecule has 0 spiro atoms. The topological polar surface area (TPSA) is 0 Å². The Bertz CT molecular complexity index is 137. The fraction of sp³-hybridized carbons (Fsp3) is 1.00. The van der Waals surface area contributed by atoms with Crippen LogP contribution in [-0.2, 0) is 0 Å². The summed E-state index contributed by atoms with van der Waals surface area (Å²) >= 11 is 0. The first-order chi connectivity index (χ1) is 6.96. The maximum atomic E-state index is 15.2. The van der Waals surface area contributed by atoms with E-state index in [1.54, 1.807) is 0 Å². The standard InChI is InChI=1S/C13H30FP/c1-5-8-11-15(4,14,12-9-6-2)13-10-7-3/h5-13H2,1-4H3. The first-order valence-corrected chi connectivity index (χ1v) is 9.82. The third-order valence-electron chi connectivity index (χ3n) is 3.41. The second-order valence-corrected chi connectivity index (χ2v) is 11.0. The quantitative estimate of drug-likeness (QED) is 0.467. The summed E-state index contributed by atoms with van der Waals surface area (Å²) in [5.41, 5.74) is 0. The van der Waals surface area contributed by atoms with Crippen molar-refractivity contribution >= 4 is 6.91 Å². The predicted molar refractivity (Wildman–Crippen MR) is 73.3 cm³/mol. The molecular formula is C13H30FP. The van der Waals surface area contributed by atoms with E-state index in [0.29, 0.717) is 0 Å². The molecule has 0 N–H and O–H groups in total. The molecule has 0 aliphatic rings. The molecule has 0 heterocycles. The Morgan fingerprint density at radius 2 is 1.00 bits per heavy atom. The normalized spacial score (nSPS) is 14.9. The maximum absolute atomic E-state index is 15.2. The summed E-state index contributed by atoms with van der Waals surface area (Å²) in [5, 5.41) is 0. The molecule has 0 saturated carbocycles. The summed E-state index contributed by atoms with van der Waals surface area (Å²) in [6.07, 6.45) is 9.27. The Morgan fingerprint density at radius 1 is 0.733 bits per heavy atom. The van der Waals surface area contributed by atoms with E-state index >= 15 is 4.20 Å². The second kappa shape index (κ2) is 6.84. The van der Waals surface area contributed by atoms with Gasteiger partial charge in [-0.2, -0.15) is 0 Å². The van der Waals surface area contributed by atoms with Crippen LogP contribution in [0.25, 0.3) is 0 Å². The van der Waals surface area contributed by atoms with Gasteiger partial charge in [-0.15, -0.1) is 0 Å². The van der Waals surface area contributed by atoms with E-state index in [1.165, 1.54) is 0 Å². The van der Waals surface area contributed by atoms with Crippen LogP contribution in [0.3, 0.4) is 0 Å². The summed E-state index contributed by atoms with van der Waals surface area (Å²) in [6.45, 7) is 5.70. The molecule has 15 heavy (non-hydrogen) atoms. The molecule has 0 atom stereocenters. The van der Waals surface area contributed by atoms with Crippen LogP contribution in [0.2, 0.25) is 0 Å². The summed E-state index contributed by atoms with van der Waals surface area (Å²) in [7, 11) is 0. The van der Waals surface area contributed by atoms with Gasteiger partial charge in [0.15, 0.2) is 0 Å². The van der Waals surface area contributed by atoms with Crippen molar-refractivity contribution in [1.29, 1.82) is 0 Å². The number of hydrogen-bond acceptors (Lipinski definition) is 0.